The zero-order valence-corrected chi connectivity index (χ0v) is 25.0. The molecule has 0 aromatic heterocycles. The van der Waals surface area contributed by atoms with E-state index in [2.05, 4.69) is 22.6 Å². The van der Waals surface area contributed by atoms with Crippen molar-refractivity contribution >= 4 is 23.9 Å². The number of aryl methyl sites for hydroxylation is 2. The predicted octanol–water partition coefficient (Wildman–Crippen LogP) is 6.19. The molecule has 3 aromatic rings. The molecule has 0 amide bonds. The Morgan fingerprint density at radius 2 is 1.10 bits per heavy atom. The van der Waals surface area contributed by atoms with Gasteiger partial charge < -0.3 is 28.4 Å². The van der Waals surface area contributed by atoms with Gasteiger partial charge in [0.05, 0.1) is 0 Å². The predicted molar refractivity (Wildman–Crippen MR) is 156 cm³/mol. The fourth-order valence-electron chi connectivity index (χ4n) is 3.79. The van der Waals surface area contributed by atoms with Crippen LogP contribution in [-0.2, 0) is 47.7 Å². The van der Waals surface area contributed by atoms with Crippen LogP contribution in [0.25, 0.3) is 0 Å². The maximum absolute atomic E-state index is 14.3. The third kappa shape index (κ3) is 11.6. The van der Waals surface area contributed by atoms with Crippen molar-refractivity contribution < 1.29 is 69.6 Å². The van der Waals surface area contributed by atoms with E-state index in [0.717, 1.165) is 36.4 Å². The highest BCUT2D eigenvalue weighted by atomic mass is 19.4. The normalized spacial score (nSPS) is 10.8. The van der Waals surface area contributed by atoms with Crippen molar-refractivity contribution in [1.82, 2.24) is 0 Å². The van der Waals surface area contributed by atoms with Crippen LogP contribution >= 0.6 is 0 Å². The lowest BCUT2D eigenvalue weighted by Crippen LogP contribution is -2.15. The van der Waals surface area contributed by atoms with Gasteiger partial charge in [0.25, 0.3) is 0 Å². The van der Waals surface area contributed by atoms with Gasteiger partial charge in [-0.3, -0.25) is 9.59 Å². The quantitative estimate of drug-likeness (QED) is 0.0570. The Balaban J connectivity index is 1.54. The summed E-state index contributed by atoms with van der Waals surface area (Å²) >= 11 is 0. The van der Waals surface area contributed by atoms with Crippen molar-refractivity contribution in [3.63, 3.8) is 0 Å². The van der Waals surface area contributed by atoms with Crippen LogP contribution in [0.2, 0.25) is 0 Å². The van der Waals surface area contributed by atoms with Crippen LogP contribution in [0.4, 0.5) is 22.0 Å². The minimum absolute atomic E-state index is 0.0336. The molecule has 0 spiro atoms. The minimum atomic E-state index is -5.00. The molecule has 0 aliphatic rings. The van der Waals surface area contributed by atoms with E-state index in [0.29, 0.717) is 17.2 Å². The molecule has 0 N–H and O–H groups in total. The Morgan fingerprint density at radius 3 is 1.54 bits per heavy atom. The molecule has 0 heterocycles. The average Bonchev–Trinajstić information content (AvgIpc) is 3.04. The van der Waals surface area contributed by atoms with Gasteiger partial charge in [-0.2, -0.15) is 13.2 Å². The molecule has 0 bridgehead atoms. The van der Waals surface area contributed by atoms with E-state index in [1.54, 1.807) is 0 Å². The number of carbonyl (C=O) groups is 4. The summed E-state index contributed by atoms with van der Waals surface area (Å²) in [5, 5.41) is 0. The van der Waals surface area contributed by atoms with Crippen molar-refractivity contribution in [2.75, 3.05) is 13.6 Å². The van der Waals surface area contributed by atoms with Gasteiger partial charge in [0.2, 0.25) is 13.6 Å². The number of carbonyl (C=O) groups excluding carboxylic acids is 4. The van der Waals surface area contributed by atoms with Gasteiger partial charge >= 0.3 is 30.1 Å². The highest BCUT2D eigenvalue weighted by Gasteiger charge is 2.36. The van der Waals surface area contributed by atoms with E-state index in [1.807, 2.05) is 0 Å². The molecule has 0 fully saturated rings. The fraction of sp³-hybridized carbons (Fsp3) is 0.212. The summed E-state index contributed by atoms with van der Waals surface area (Å²) in [5.41, 5.74) is -0.740. The Labute approximate surface area is 270 Å². The first kappa shape index (κ1) is 36.7. The van der Waals surface area contributed by atoms with Gasteiger partial charge in [-0.15, -0.1) is 0 Å². The molecule has 0 saturated carbocycles. The van der Waals surface area contributed by atoms with Crippen molar-refractivity contribution in [2.45, 2.75) is 31.9 Å². The molecule has 0 aliphatic carbocycles. The minimum Gasteiger partial charge on any atom is -0.454 e. The summed E-state index contributed by atoms with van der Waals surface area (Å²) < 4.78 is 99.0. The Bertz CT molecular complexity index is 1670. The number of benzene rings is 3. The van der Waals surface area contributed by atoms with Gasteiger partial charge in [-0.05, 0) is 66.4 Å². The summed E-state index contributed by atoms with van der Waals surface area (Å²) in [4.78, 5) is 46.7. The highest BCUT2D eigenvalue weighted by Crippen LogP contribution is 2.39. The molecule has 0 atom stereocenters. The summed E-state index contributed by atoms with van der Waals surface area (Å²) in [6.07, 6.45) is -4.07. The third-order valence-electron chi connectivity index (χ3n) is 6.10. The Hall–Kier alpha value is -5.73. The molecule has 15 heteroatoms. The van der Waals surface area contributed by atoms with Crippen molar-refractivity contribution in [3.8, 4) is 23.0 Å². The number of hydrogen-bond donors (Lipinski definition) is 0. The molecule has 10 nitrogen and oxygen atoms in total. The standard InChI is InChI=1S/C33H27F5O10/c1-3-29(39)45-18-43-27-10-5-20(15-24(27)34)7-13-31(41)47-22-9-12-26(23(17-22)33(36,37)38)48-32(42)14-8-21-6-11-28(25(35)16-21)44-19-46-30(40)4-2/h3-6,9-12,15-17H,1-2,7-8,13-14,18-19H2. The SMILES string of the molecule is C=CC(=O)OCOc1ccc(CCC(=O)Oc2ccc(OC(=O)CCc3ccc(OCOC(=O)C=C)c(F)c3)c(C(F)(F)F)c2)cc1F. The smallest absolute Gasteiger partial charge is 0.420 e. The van der Waals surface area contributed by atoms with Crippen LogP contribution in [0, 0.1) is 11.6 Å². The summed E-state index contributed by atoms with van der Waals surface area (Å²) in [6, 6.07) is 9.70. The van der Waals surface area contributed by atoms with Gasteiger partial charge in [0.1, 0.15) is 17.1 Å². The number of ether oxygens (including phenoxy) is 6. The number of halogens is 5. The van der Waals surface area contributed by atoms with Crippen LogP contribution < -0.4 is 18.9 Å². The monoisotopic (exact) mass is 678 g/mol. The highest BCUT2D eigenvalue weighted by molar-refractivity contribution is 5.81. The van der Waals surface area contributed by atoms with Crippen LogP contribution in [0.1, 0.15) is 29.5 Å². The first-order valence-corrected chi connectivity index (χ1v) is 13.8. The van der Waals surface area contributed by atoms with Crippen molar-refractivity contribution in [2.24, 2.45) is 0 Å². The second kappa shape index (κ2) is 17.3. The van der Waals surface area contributed by atoms with E-state index in [4.69, 9.17) is 18.9 Å². The largest absolute Gasteiger partial charge is 0.454 e. The van der Waals surface area contributed by atoms with Gasteiger partial charge in [0, 0.05) is 25.0 Å². The third-order valence-corrected chi connectivity index (χ3v) is 6.10. The summed E-state index contributed by atoms with van der Waals surface area (Å²) in [5.74, 6) is -6.94. The molecule has 0 radical (unpaired) electrons. The van der Waals surface area contributed by atoms with E-state index in [1.165, 1.54) is 24.3 Å². The van der Waals surface area contributed by atoms with E-state index in [-0.39, 0.29) is 30.8 Å². The lowest BCUT2D eigenvalue weighted by molar-refractivity contribution is -0.145. The maximum Gasteiger partial charge on any atom is 0.420 e. The second-order valence-corrected chi connectivity index (χ2v) is 9.49. The summed E-state index contributed by atoms with van der Waals surface area (Å²) in [7, 11) is 0. The lowest BCUT2D eigenvalue weighted by atomic mass is 10.1. The van der Waals surface area contributed by atoms with E-state index < -0.39 is 78.8 Å². The van der Waals surface area contributed by atoms with Gasteiger partial charge in [-0.1, -0.05) is 25.3 Å². The topological polar surface area (TPSA) is 124 Å². The van der Waals surface area contributed by atoms with Crippen LogP contribution in [0.5, 0.6) is 23.0 Å². The molecular weight excluding hydrogens is 651 g/mol. The molecule has 0 unspecified atom stereocenters. The van der Waals surface area contributed by atoms with Gasteiger partial charge in [0.15, 0.2) is 23.1 Å². The second-order valence-electron chi connectivity index (χ2n) is 9.49. The van der Waals surface area contributed by atoms with Crippen LogP contribution in [-0.4, -0.2) is 37.5 Å². The molecule has 48 heavy (non-hydrogen) atoms. The maximum atomic E-state index is 14.3. The molecule has 0 aliphatic heterocycles. The number of alkyl halides is 3. The first-order valence-electron chi connectivity index (χ1n) is 13.8. The average molecular weight is 679 g/mol. The molecule has 3 rings (SSSR count). The molecule has 0 saturated heterocycles. The zero-order chi connectivity index (χ0) is 35.3. The van der Waals surface area contributed by atoms with E-state index >= 15 is 0 Å². The molecule has 254 valence electrons. The van der Waals surface area contributed by atoms with Crippen molar-refractivity contribution in [1.29, 1.82) is 0 Å². The number of hydrogen-bond acceptors (Lipinski definition) is 10. The number of rotatable bonds is 16. The zero-order valence-electron chi connectivity index (χ0n) is 25.0. The van der Waals surface area contributed by atoms with Crippen LogP contribution in [0.15, 0.2) is 79.9 Å². The lowest BCUT2D eigenvalue weighted by Gasteiger charge is -2.15. The first-order chi connectivity index (χ1) is 22.8. The van der Waals surface area contributed by atoms with E-state index in [9.17, 15) is 41.1 Å². The van der Waals surface area contributed by atoms with Crippen LogP contribution in [0.3, 0.4) is 0 Å². The van der Waals surface area contributed by atoms with Gasteiger partial charge in [-0.25, -0.2) is 18.4 Å². The Kier molecular flexibility index (Phi) is 13.2. The summed E-state index contributed by atoms with van der Waals surface area (Å²) in [6.45, 7) is 5.27. The molecule has 3 aromatic carbocycles. The Morgan fingerprint density at radius 1 is 0.646 bits per heavy atom. The molecular formula is C33H27F5O10. The van der Waals surface area contributed by atoms with Crippen molar-refractivity contribution in [3.05, 3.63) is 108 Å². The number of esters is 4. The fourth-order valence-corrected chi connectivity index (χ4v) is 3.79.